The summed E-state index contributed by atoms with van der Waals surface area (Å²) in [7, 11) is 0. The highest BCUT2D eigenvalue weighted by molar-refractivity contribution is 9.10. The number of carbonyl (C=O) groups excluding carboxylic acids is 1. The van der Waals surface area contributed by atoms with Crippen LogP contribution in [0.3, 0.4) is 0 Å². The zero-order chi connectivity index (χ0) is 15.7. The Hall–Kier alpha value is -1.35. The molecule has 2 aromatic heterocycles. The molecule has 0 saturated carbocycles. The lowest BCUT2D eigenvalue weighted by Gasteiger charge is -2.33. The van der Waals surface area contributed by atoms with Crippen molar-refractivity contribution in [2.75, 3.05) is 29.9 Å². The minimum absolute atomic E-state index is 0. The molecule has 2 aromatic rings. The van der Waals surface area contributed by atoms with Crippen molar-refractivity contribution in [2.45, 2.75) is 18.9 Å². The van der Waals surface area contributed by atoms with Gasteiger partial charge in [-0.15, -0.1) is 12.4 Å². The van der Waals surface area contributed by atoms with Gasteiger partial charge in [-0.2, -0.15) is 0 Å². The Bertz CT molecular complexity index is 708. The van der Waals surface area contributed by atoms with Gasteiger partial charge in [0.25, 0.3) is 0 Å². The molecule has 1 saturated heterocycles. The van der Waals surface area contributed by atoms with Crippen LogP contribution in [0, 0.1) is 0 Å². The van der Waals surface area contributed by atoms with Crippen molar-refractivity contribution in [3.8, 4) is 0 Å². The Morgan fingerprint density at radius 3 is 3.09 bits per heavy atom. The van der Waals surface area contributed by atoms with E-state index >= 15 is 0 Å². The van der Waals surface area contributed by atoms with Crippen LogP contribution in [-0.2, 0) is 4.79 Å². The molecule has 23 heavy (non-hydrogen) atoms. The molecule has 0 aliphatic carbocycles. The Kier molecular flexibility index (Phi) is 5.85. The minimum Gasteiger partial charge on any atom is -0.387 e. The Labute approximate surface area is 148 Å². The Balaban J connectivity index is 0.00000192. The lowest BCUT2D eigenvalue weighted by molar-refractivity contribution is -0.118. The maximum atomic E-state index is 11.5. The van der Waals surface area contributed by atoms with Crippen LogP contribution in [0.25, 0.3) is 11.0 Å². The van der Waals surface area contributed by atoms with Crippen molar-refractivity contribution in [3.05, 3.63) is 16.9 Å². The van der Waals surface area contributed by atoms with Gasteiger partial charge < -0.3 is 26.0 Å². The number of anilines is 2. The number of H-pyrrole nitrogens is 1. The number of aromatic nitrogens is 2. The van der Waals surface area contributed by atoms with Gasteiger partial charge in [0.05, 0.1) is 21.2 Å². The first-order valence-electron chi connectivity index (χ1n) is 7.17. The molecule has 1 amide bonds. The van der Waals surface area contributed by atoms with Crippen molar-refractivity contribution in [3.63, 3.8) is 0 Å². The van der Waals surface area contributed by atoms with Gasteiger partial charge in [0.2, 0.25) is 5.91 Å². The fraction of sp³-hybridized carbons (Fsp3) is 0.429. The predicted octanol–water partition coefficient (Wildman–Crippen LogP) is 1.61. The largest absolute Gasteiger partial charge is 0.387 e. The number of halogens is 2. The predicted molar refractivity (Wildman–Crippen MR) is 96.2 cm³/mol. The van der Waals surface area contributed by atoms with E-state index in [4.69, 9.17) is 10.8 Å². The second-order valence-electron chi connectivity index (χ2n) is 5.44. The number of nitrogens with zero attached hydrogens (tertiary/aromatic N) is 2. The first-order valence-corrected chi connectivity index (χ1v) is 7.96. The second kappa shape index (κ2) is 7.48. The van der Waals surface area contributed by atoms with E-state index < -0.39 is 12.5 Å². The number of amides is 1. The van der Waals surface area contributed by atoms with E-state index in [2.05, 4.69) is 36.1 Å². The number of aromatic amines is 1. The van der Waals surface area contributed by atoms with Gasteiger partial charge >= 0.3 is 0 Å². The molecule has 1 fully saturated rings. The molecule has 126 valence electrons. The summed E-state index contributed by atoms with van der Waals surface area (Å²) in [4.78, 5) is 21.1. The van der Waals surface area contributed by atoms with Gasteiger partial charge in [-0.05, 0) is 28.8 Å². The molecule has 7 nitrogen and oxygen atoms in total. The summed E-state index contributed by atoms with van der Waals surface area (Å²) in [5.74, 6) is -0.456. The van der Waals surface area contributed by atoms with Crippen LogP contribution in [0.15, 0.2) is 16.9 Å². The van der Waals surface area contributed by atoms with E-state index in [1.54, 1.807) is 12.4 Å². The molecule has 3 heterocycles. The third-order valence-corrected chi connectivity index (χ3v) is 4.40. The summed E-state index contributed by atoms with van der Waals surface area (Å²) in [6.45, 7) is 1.11. The Morgan fingerprint density at radius 1 is 1.61 bits per heavy atom. The zero-order valence-electron chi connectivity index (χ0n) is 12.4. The second-order valence-corrected chi connectivity index (χ2v) is 6.29. The quantitative estimate of drug-likeness (QED) is 0.622. The number of nitrogens with one attached hydrogen (secondary N) is 2. The van der Waals surface area contributed by atoms with Gasteiger partial charge in [0, 0.05) is 31.5 Å². The van der Waals surface area contributed by atoms with Crippen molar-refractivity contribution in [1.29, 1.82) is 0 Å². The average Bonchev–Trinajstić information content (AvgIpc) is 2.90. The molecule has 0 bridgehead atoms. The monoisotopic (exact) mass is 403 g/mol. The van der Waals surface area contributed by atoms with E-state index in [0.29, 0.717) is 11.3 Å². The molecule has 1 aliphatic rings. The number of fused-ring (bicyclic) bond motifs is 1. The SMILES string of the molecule is Cl.N[C@@H]1CCCN(c2c(Br)cnc3[nH]cc(NC(=O)CO)c23)C1. The van der Waals surface area contributed by atoms with E-state index in [1.807, 2.05) is 0 Å². The number of nitrogens with two attached hydrogens (primary N) is 1. The summed E-state index contributed by atoms with van der Waals surface area (Å²) < 4.78 is 0.855. The molecule has 0 spiro atoms. The highest BCUT2D eigenvalue weighted by Crippen LogP contribution is 2.38. The van der Waals surface area contributed by atoms with Gasteiger partial charge in [-0.3, -0.25) is 4.79 Å². The normalized spacial score (nSPS) is 17.9. The molecule has 1 atom stereocenters. The maximum absolute atomic E-state index is 11.5. The number of pyridine rings is 1. The summed E-state index contributed by atoms with van der Waals surface area (Å²) in [5.41, 5.74) is 8.35. The molecule has 0 aromatic carbocycles. The number of aliphatic hydroxyl groups excluding tert-OH is 1. The number of rotatable bonds is 3. The molecule has 0 unspecified atom stereocenters. The fourth-order valence-electron chi connectivity index (χ4n) is 2.87. The van der Waals surface area contributed by atoms with Crippen LogP contribution >= 0.6 is 28.3 Å². The summed E-state index contributed by atoms with van der Waals surface area (Å²) in [6.07, 6.45) is 5.47. The van der Waals surface area contributed by atoms with Crippen LogP contribution in [0.2, 0.25) is 0 Å². The highest BCUT2D eigenvalue weighted by atomic mass is 79.9. The van der Waals surface area contributed by atoms with Crippen LogP contribution in [-0.4, -0.2) is 46.7 Å². The van der Waals surface area contributed by atoms with E-state index in [0.717, 1.165) is 41.5 Å². The lowest BCUT2D eigenvalue weighted by atomic mass is 10.1. The number of hydrogen-bond donors (Lipinski definition) is 4. The van der Waals surface area contributed by atoms with Crippen molar-refractivity contribution in [2.24, 2.45) is 5.73 Å². The zero-order valence-corrected chi connectivity index (χ0v) is 14.8. The standard InChI is InChI=1S/C14H18BrN5O2.ClH/c15-9-4-17-14-12(10(5-18-14)19-11(22)7-21)13(9)20-3-1-2-8(16)6-20;/h4-5,8,21H,1-3,6-7,16H2,(H,17,18)(H,19,22);1H/t8-;/m1./s1. The van der Waals surface area contributed by atoms with Crippen LogP contribution < -0.4 is 16.0 Å². The first-order chi connectivity index (χ1) is 10.6. The smallest absolute Gasteiger partial charge is 0.250 e. The first kappa shape index (κ1) is 18.0. The van der Waals surface area contributed by atoms with Crippen molar-refractivity contribution < 1.29 is 9.90 Å². The molecule has 1 aliphatic heterocycles. The molecular weight excluding hydrogens is 386 g/mol. The number of piperidine rings is 1. The van der Waals surface area contributed by atoms with E-state index in [9.17, 15) is 4.79 Å². The van der Waals surface area contributed by atoms with Crippen LogP contribution in [0.1, 0.15) is 12.8 Å². The minimum atomic E-state index is -0.558. The summed E-state index contributed by atoms with van der Waals surface area (Å²) in [5, 5.41) is 12.5. The third-order valence-electron chi connectivity index (χ3n) is 3.82. The van der Waals surface area contributed by atoms with E-state index in [-0.39, 0.29) is 18.4 Å². The molecule has 9 heteroatoms. The van der Waals surface area contributed by atoms with Gasteiger partial charge in [-0.1, -0.05) is 0 Å². The van der Waals surface area contributed by atoms with Crippen molar-refractivity contribution in [1.82, 2.24) is 9.97 Å². The Morgan fingerprint density at radius 2 is 2.39 bits per heavy atom. The maximum Gasteiger partial charge on any atom is 0.250 e. The number of hydrogen-bond acceptors (Lipinski definition) is 5. The topological polar surface area (TPSA) is 107 Å². The average molecular weight is 405 g/mol. The van der Waals surface area contributed by atoms with Crippen molar-refractivity contribution >= 4 is 56.7 Å². The van der Waals surface area contributed by atoms with E-state index in [1.165, 1.54) is 0 Å². The van der Waals surface area contributed by atoms with Gasteiger partial charge in [0.15, 0.2) is 0 Å². The number of aliphatic hydroxyl groups is 1. The molecule has 0 radical (unpaired) electrons. The lowest BCUT2D eigenvalue weighted by Crippen LogP contribution is -2.43. The van der Waals surface area contributed by atoms with Gasteiger partial charge in [-0.25, -0.2) is 4.98 Å². The van der Waals surface area contributed by atoms with Crippen LogP contribution in [0.5, 0.6) is 0 Å². The third kappa shape index (κ3) is 3.60. The molecule has 3 rings (SSSR count). The van der Waals surface area contributed by atoms with Gasteiger partial charge in [0.1, 0.15) is 12.3 Å². The number of carbonyl (C=O) groups is 1. The summed E-state index contributed by atoms with van der Waals surface area (Å²) in [6, 6.07) is 0.137. The summed E-state index contributed by atoms with van der Waals surface area (Å²) >= 11 is 3.55. The fourth-order valence-corrected chi connectivity index (χ4v) is 3.42. The molecule has 5 N–H and O–H groups in total. The highest BCUT2D eigenvalue weighted by Gasteiger charge is 2.23. The molecular formula is C14H19BrClN5O2. The van der Waals surface area contributed by atoms with Crippen LogP contribution in [0.4, 0.5) is 11.4 Å².